The molecule has 2 aromatic rings. The maximum atomic E-state index is 13.1. The molecule has 2 aromatic heterocycles. The number of hydrogen-bond donors (Lipinski definition) is 1. The SMILES string of the molecule is CC=N/C(=C\C)c1nn(C(F)F)cc1NC(=O)C1=CSC(c2cnn(CC(F)(F)F)c2)=NC1. The van der Waals surface area contributed by atoms with Gasteiger partial charge in [-0.1, -0.05) is 17.8 Å². The molecule has 0 aromatic carbocycles. The summed E-state index contributed by atoms with van der Waals surface area (Å²) in [7, 11) is 0. The fraction of sp³-hybridized carbons (Fsp3) is 0.316. The molecule has 1 N–H and O–H groups in total. The van der Waals surface area contributed by atoms with Gasteiger partial charge in [-0.3, -0.25) is 19.5 Å². The molecule has 0 aliphatic carbocycles. The Bertz CT molecular complexity index is 1140. The molecule has 1 amide bonds. The van der Waals surface area contributed by atoms with Crippen LogP contribution in [0.5, 0.6) is 0 Å². The predicted molar refractivity (Wildman–Crippen MR) is 115 cm³/mol. The van der Waals surface area contributed by atoms with E-state index < -0.39 is 25.2 Å². The zero-order valence-electron chi connectivity index (χ0n) is 17.3. The minimum absolute atomic E-state index is 0.0492. The van der Waals surface area contributed by atoms with Crippen molar-refractivity contribution in [2.45, 2.75) is 33.1 Å². The molecule has 0 atom stereocenters. The Hall–Kier alpha value is -3.29. The second kappa shape index (κ2) is 10.1. The average molecular weight is 487 g/mol. The molecule has 1 aliphatic rings. The number of nitrogens with one attached hydrogen (secondary N) is 1. The molecule has 0 saturated heterocycles. The van der Waals surface area contributed by atoms with Gasteiger partial charge in [-0.15, -0.1) is 0 Å². The number of carbonyl (C=O) groups is 1. The first-order valence-electron chi connectivity index (χ1n) is 9.45. The minimum Gasteiger partial charge on any atom is -0.319 e. The van der Waals surface area contributed by atoms with E-state index in [0.717, 1.165) is 22.6 Å². The van der Waals surface area contributed by atoms with Crippen molar-refractivity contribution in [3.05, 3.63) is 46.9 Å². The molecule has 3 rings (SSSR count). The summed E-state index contributed by atoms with van der Waals surface area (Å²) in [5.74, 6) is -0.580. The molecule has 33 heavy (non-hydrogen) atoms. The summed E-state index contributed by atoms with van der Waals surface area (Å²) < 4.78 is 64.9. The highest BCUT2D eigenvalue weighted by atomic mass is 32.2. The molecule has 0 unspecified atom stereocenters. The van der Waals surface area contributed by atoms with Crippen LogP contribution in [-0.2, 0) is 11.3 Å². The van der Waals surface area contributed by atoms with Crippen LogP contribution < -0.4 is 5.32 Å². The van der Waals surface area contributed by atoms with Crippen LogP contribution in [0.4, 0.5) is 27.6 Å². The number of amides is 1. The van der Waals surface area contributed by atoms with Crippen LogP contribution in [0.1, 0.15) is 31.7 Å². The van der Waals surface area contributed by atoms with Crippen molar-refractivity contribution in [1.29, 1.82) is 0 Å². The standard InChI is InChI=1S/C19H18F5N7OS/c1-3-13(25-4-2)15-14(8-31(29-15)18(20)21)28-16(32)12-5-26-17(33-9-12)11-6-27-30(7-11)10-19(22,23)24/h3-4,6-9,18H,5,10H2,1-2H3,(H,28,32)/b13-3-,25-4?. The molecule has 0 radical (unpaired) electrons. The number of aliphatic imine (C=N–C) groups is 2. The second-order valence-electron chi connectivity index (χ2n) is 6.59. The van der Waals surface area contributed by atoms with Crippen LogP contribution >= 0.6 is 11.8 Å². The third kappa shape index (κ3) is 6.15. The van der Waals surface area contributed by atoms with E-state index in [9.17, 15) is 26.7 Å². The zero-order chi connectivity index (χ0) is 24.2. The Morgan fingerprint density at radius 3 is 2.67 bits per heavy atom. The smallest absolute Gasteiger partial charge is 0.319 e. The fourth-order valence-electron chi connectivity index (χ4n) is 2.77. The Kier molecular flexibility index (Phi) is 7.46. The van der Waals surface area contributed by atoms with Crippen molar-refractivity contribution in [3.63, 3.8) is 0 Å². The summed E-state index contributed by atoms with van der Waals surface area (Å²) in [6, 6.07) is 0. The molecule has 14 heteroatoms. The summed E-state index contributed by atoms with van der Waals surface area (Å²) >= 11 is 1.04. The van der Waals surface area contributed by atoms with Gasteiger partial charge in [0, 0.05) is 23.5 Å². The summed E-state index contributed by atoms with van der Waals surface area (Å²) in [6.07, 6.45) is 2.12. The predicted octanol–water partition coefficient (Wildman–Crippen LogP) is 4.50. The van der Waals surface area contributed by atoms with Crippen molar-refractivity contribution in [1.82, 2.24) is 19.6 Å². The van der Waals surface area contributed by atoms with Gasteiger partial charge in [-0.25, -0.2) is 4.68 Å². The van der Waals surface area contributed by atoms with Crippen molar-refractivity contribution < 1.29 is 26.7 Å². The molecule has 0 fully saturated rings. The number of rotatable bonds is 7. The van der Waals surface area contributed by atoms with Gasteiger partial charge in [0.05, 0.1) is 30.3 Å². The van der Waals surface area contributed by atoms with E-state index in [2.05, 4.69) is 25.5 Å². The van der Waals surface area contributed by atoms with Gasteiger partial charge in [-0.2, -0.15) is 32.1 Å². The molecule has 0 spiro atoms. The summed E-state index contributed by atoms with van der Waals surface area (Å²) in [5.41, 5.74) is 1.05. The molecule has 8 nitrogen and oxygen atoms in total. The van der Waals surface area contributed by atoms with Gasteiger partial charge >= 0.3 is 12.7 Å². The zero-order valence-corrected chi connectivity index (χ0v) is 18.2. The summed E-state index contributed by atoms with van der Waals surface area (Å²) in [6.45, 7) is -0.881. The molecule has 0 bridgehead atoms. The van der Waals surface area contributed by atoms with E-state index in [-0.39, 0.29) is 23.5 Å². The van der Waals surface area contributed by atoms with Crippen LogP contribution in [0.3, 0.4) is 0 Å². The van der Waals surface area contributed by atoms with E-state index >= 15 is 0 Å². The molecular formula is C19H18F5N7OS. The van der Waals surface area contributed by atoms with Gasteiger partial charge in [0.2, 0.25) is 0 Å². The number of anilines is 1. The third-order valence-electron chi connectivity index (χ3n) is 4.18. The fourth-order valence-corrected chi connectivity index (χ4v) is 3.59. The van der Waals surface area contributed by atoms with Crippen LogP contribution in [0.2, 0.25) is 0 Å². The van der Waals surface area contributed by atoms with Gasteiger partial charge in [0.25, 0.3) is 5.91 Å². The molecule has 1 aliphatic heterocycles. The minimum atomic E-state index is -4.40. The number of nitrogens with zero attached hydrogens (tertiary/aromatic N) is 6. The van der Waals surface area contributed by atoms with E-state index in [4.69, 9.17) is 0 Å². The number of aromatic nitrogens is 4. The van der Waals surface area contributed by atoms with Gasteiger partial charge in [0.1, 0.15) is 17.3 Å². The van der Waals surface area contributed by atoms with Gasteiger partial charge in [0.15, 0.2) is 0 Å². The van der Waals surface area contributed by atoms with Crippen molar-refractivity contribution in [2.24, 2.45) is 9.98 Å². The lowest BCUT2D eigenvalue weighted by Gasteiger charge is -2.12. The summed E-state index contributed by atoms with van der Waals surface area (Å²) in [4.78, 5) is 21.0. The largest absolute Gasteiger partial charge is 0.408 e. The maximum absolute atomic E-state index is 13.1. The number of thioether (sulfide) groups is 1. The number of carbonyl (C=O) groups excluding carboxylic acids is 1. The monoisotopic (exact) mass is 487 g/mol. The van der Waals surface area contributed by atoms with Crippen LogP contribution in [0.25, 0.3) is 5.70 Å². The highest BCUT2D eigenvalue weighted by molar-refractivity contribution is 8.17. The van der Waals surface area contributed by atoms with Crippen molar-refractivity contribution >= 4 is 40.3 Å². The molecule has 3 heterocycles. The number of halogens is 5. The quantitative estimate of drug-likeness (QED) is 0.460. The average Bonchev–Trinajstić information content (AvgIpc) is 3.38. The highest BCUT2D eigenvalue weighted by Crippen LogP contribution is 2.28. The van der Waals surface area contributed by atoms with Crippen LogP contribution in [-0.4, -0.2) is 49.4 Å². The molecule has 0 saturated carbocycles. The first kappa shape index (κ1) is 24.4. The Morgan fingerprint density at radius 1 is 1.33 bits per heavy atom. The lowest BCUT2D eigenvalue weighted by molar-refractivity contribution is -0.142. The lowest BCUT2D eigenvalue weighted by Crippen LogP contribution is -2.19. The topological polar surface area (TPSA) is 89.5 Å². The van der Waals surface area contributed by atoms with E-state index in [1.807, 2.05) is 0 Å². The van der Waals surface area contributed by atoms with Gasteiger partial charge in [-0.05, 0) is 19.3 Å². The second-order valence-corrected chi connectivity index (χ2v) is 7.45. The number of hydrogen-bond acceptors (Lipinski definition) is 6. The van der Waals surface area contributed by atoms with E-state index in [0.29, 0.717) is 21.0 Å². The van der Waals surface area contributed by atoms with Crippen LogP contribution in [0.15, 0.2) is 45.6 Å². The maximum Gasteiger partial charge on any atom is 0.408 e. The van der Waals surface area contributed by atoms with Crippen molar-refractivity contribution in [3.8, 4) is 0 Å². The van der Waals surface area contributed by atoms with Gasteiger partial charge < -0.3 is 5.32 Å². The highest BCUT2D eigenvalue weighted by Gasteiger charge is 2.29. The van der Waals surface area contributed by atoms with Crippen molar-refractivity contribution in [2.75, 3.05) is 11.9 Å². The number of allylic oxidation sites excluding steroid dienone is 1. The Labute approximate surface area is 189 Å². The normalized spacial score (nSPS) is 15.2. The first-order chi connectivity index (χ1) is 15.6. The Balaban J connectivity index is 1.72. The van der Waals surface area contributed by atoms with E-state index in [1.54, 1.807) is 19.9 Å². The van der Waals surface area contributed by atoms with E-state index in [1.165, 1.54) is 24.0 Å². The number of alkyl halides is 5. The molecule has 176 valence electrons. The summed E-state index contributed by atoms with van der Waals surface area (Å²) in [5, 5.41) is 11.9. The third-order valence-corrected chi connectivity index (χ3v) is 5.17. The lowest BCUT2D eigenvalue weighted by atomic mass is 10.2. The first-order valence-corrected chi connectivity index (χ1v) is 10.3. The Morgan fingerprint density at radius 2 is 2.09 bits per heavy atom. The van der Waals surface area contributed by atoms with Crippen LogP contribution in [0, 0.1) is 0 Å². The molecular weight excluding hydrogens is 469 g/mol.